The molecule has 0 bridgehead atoms. The van der Waals surface area contributed by atoms with Gasteiger partial charge >= 0.3 is 0 Å². The zero-order chi connectivity index (χ0) is 17.1. The van der Waals surface area contributed by atoms with Crippen LogP contribution in [-0.2, 0) is 19.1 Å². The Balaban J connectivity index is 0.00000135. The Morgan fingerprint density at radius 3 is 2.55 bits per heavy atom. The average molecular weight is 317 g/mol. The van der Waals surface area contributed by atoms with E-state index in [1.54, 1.807) is 14.1 Å². The third-order valence-corrected chi connectivity index (χ3v) is 3.25. The van der Waals surface area contributed by atoms with Crippen molar-refractivity contribution in [3.8, 4) is 0 Å². The number of carbonyl (C=O) groups excluding carboxylic acids is 2. The summed E-state index contributed by atoms with van der Waals surface area (Å²) in [6.45, 7) is 6.41. The van der Waals surface area contributed by atoms with Gasteiger partial charge in [-0.1, -0.05) is 0 Å². The van der Waals surface area contributed by atoms with Crippen LogP contribution < -0.4 is 5.32 Å². The molecule has 0 aromatic heterocycles. The molecule has 0 aliphatic carbocycles. The van der Waals surface area contributed by atoms with E-state index < -0.39 is 0 Å². The predicted octanol–water partition coefficient (Wildman–Crippen LogP) is -0.609. The second-order valence-corrected chi connectivity index (χ2v) is 5.46. The fourth-order valence-corrected chi connectivity index (χ4v) is 1.95. The highest BCUT2D eigenvalue weighted by Crippen LogP contribution is 2.11. The molecule has 2 amide bonds. The van der Waals surface area contributed by atoms with Gasteiger partial charge in [0, 0.05) is 33.2 Å². The number of carbonyl (C=O) groups is 3. The summed E-state index contributed by atoms with van der Waals surface area (Å²) in [6.07, 6.45) is 0.231. The first kappa shape index (κ1) is 20.3. The van der Waals surface area contributed by atoms with Crippen molar-refractivity contribution in [2.45, 2.75) is 32.4 Å². The number of ether oxygens (including phenoxy) is 1. The lowest BCUT2D eigenvalue weighted by Crippen LogP contribution is -2.47. The molecule has 1 rings (SSSR count). The average Bonchev–Trinajstić information content (AvgIpc) is 2.45. The molecular weight excluding hydrogens is 290 g/mol. The van der Waals surface area contributed by atoms with Crippen molar-refractivity contribution in [1.82, 2.24) is 15.1 Å². The quantitative estimate of drug-likeness (QED) is 0.656. The molecule has 0 radical (unpaired) electrons. The third kappa shape index (κ3) is 8.58. The first-order valence-corrected chi connectivity index (χ1v) is 7.22. The van der Waals surface area contributed by atoms with Crippen LogP contribution in [-0.4, -0.2) is 85.7 Å². The molecule has 1 atom stereocenters. The summed E-state index contributed by atoms with van der Waals surface area (Å²) in [7, 11) is 3.33. The van der Waals surface area contributed by atoms with Crippen LogP contribution in [0.3, 0.4) is 0 Å². The molecule has 1 aliphatic heterocycles. The van der Waals surface area contributed by atoms with Crippen LogP contribution in [0.2, 0.25) is 0 Å². The first-order valence-electron chi connectivity index (χ1n) is 7.22. The van der Waals surface area contributed by atoms with Crippen molar-refractivity contribution in [2.75, 3.05) is 40.3 Å². The SMILES string of the molecule is CC(C)N1CCOC(CC(=O)NCC(=O)N(C)C)C1.O=CO. The lowest BCUT2D eigenvalue weighted by molar-refractivity contribution is -0.132. The molecule has 22 heavy (non-hydrogen) atoms. The van der Waals surface area contributed by atoms with Gasteiger partial charge in [0.15, 0.2) is 0 Å². The third-order valence-electron chi connectivity index (χ3n) is 3.25. The van der Waals surface area contributed by atoms with Gasteiger partial charge in [0.25, 0.3) is 6.47 Å². The van der Waals surface area contributed by atoms with Crippen molar-refractivity contribution in [2.24, 2.45) is 0 Å². The fraction of sp³-hybridized carbons (Fsp3) is 0.786. The van der Waals surface area contributed by atoms with Crippen molar-refractivity contribution in [1.29, 1.82) is 0 Å². The smallest absolute Gasteiger partial charge is 0.290 e. The number of morpholine rings is 1. The second-order valence-electron chi connectivity index (χ2n) is 5.46. The normalized spacial score (nSPS) is 18.1. The van der Waals surface area contributed by atoms with Gasteiger partial charge in [0.2, 0.25) is 11.8 Å². The Kier molecular flexibility index (Phi) is 10.1. The lowest BCUT2D eigenvalue weighted by atomic mass is 10.1. The summed E-state index contributed by atoms with van der Waals surface area (Å²) in [6, 6.07) is 0.463. The van der Waals surface area contributed by atoms with Gasteiger partial charge in [-0.05, 0) is 13.8 Å². The van der Waals surface area contributed by atoms with E-state index >= 15 is 0 Å². The molecule has 1 saturated heterocycles. The Bertz CT molecular complexity index is 360. The van der Waals surface area contributed by atoms with Crippen LogP contribution >= 0.6 is 0 Å². The summed E-state index contributed by atoms with van der Waals surface area (Å²) >= 11 is 0. The molecule has 8 heteroatoms. The molecule has 1 heterocycles. The minimum Gasteiger partial charge on any atom is -0.483 e. The van der Waals surface area contributed by atoms with Gasteiger partial charge in [-0.15, -0.1) is 0 Å². The Morgan fingerprint density at radius 1 is 1.45 bits per heavy atom. The van der Waals surface area contributed by atoms with Gasteiger partial charge in [-0.3, -0.25) is 19.3 Å². The van der Waals surface area contributed by atoms with Gasteiger partial charge in [-0.2, -0.15) is 0 Å². The molecule has 1 aliphatic rings. The number of rotatable bonds is 5. The van der Waals surface area contributed by atoms with Crippen LogP contribution in [0.5, 0.6) is 0 Å². The highest BCUT2D eigenvalue weighted by Gasteiger charge is 2.24. The van der Waals surface area contributed by atoms with Crippen LogP contribution in [0.1, 0.15) is 20.3 Å². The van der Waals surface area contributed by atoms with E-state index in [2.05, 4.69) is 24.1 Å². The zero-order valence-corrected chi connectivity index (χ0v) is 13.7. The second kappa shape index (κ2) is 11.0. The summed E-state index contributed by atoms with van der Waals surface area (Å²) in [5.41, 5.74) is 0. The number of amides is 2. The molecule has 8 nitrogen and oxygen atoms in total. The highest BCUT2D eigenvalue weighted by atomic mass is 16.5. The van der Waals surface area contributed by atoms with Crippen molar-refractivity contribution < 1.29 is 24.2 Å². The summed E-state index contributed by atoms with van der Waals surface area (Å²) in [5, 5.41) is 9.52. The maximum absolute atomic E-state index is 11.7. The summed E-state index contributed by atoms with van der Waals surface area (Å²) in [4.78, 5) is 35.2. The molecule has 1 fully saturated rings. The number of nitrogens with zero attached hydrogens (tertiary/aromatic N) is 2. The first-order chi connectivity index (χ1) is 10.3. The Labute approximate surface area is 131 Å². The fourth-order valence-electron chi connectivity index (χ4n) is 1.95. The molecule has 1 unspecified atom stereocenters. The predicted molar refractivity (Wildman–Crippen MR) is 81.5 cm³/mol. The zero-order valence-electron chi connectivity index (χ0n) is 13.7. The Morgan fingerprint density at radius 2 is 2.05 bits per heavy atom. The maximum Gasteiger partial charge on any atom is 0.290 e. The van der Waals surface area contributed by atoms with Crippen LogP contribution in [0.15, 0.2) is 0 Å². The highest BCUT2D eigenvalue weighted by molar-refractivity contribution is 5.84. The minimum absolute atomic E-state index is 0.0481. The molecule has 0 saturated carbocycles. The standard InChI is InChI=1S/C13H25N3O3.CH2O2/c1-10(2)16-5-6-19-11(9-16)7-12(17)14-8-13(18)15(3)4;2-1-3/h10-11H,5-9H2,1-4H3,(H,14,17);1H,(H,2,3). The molecule has 0 aromatic rings. The van der Waals surface area contributed by atoms with Crippen molar-refractivity contribution in [3.63, 3.8) is 0 Å². The molecule has 2 N–H and O–H groups in total. The largest absolute Gasteiger partial charge is 0.483 e. The Hall–Kier alpha value is -1.67. The van der Waals surface area contributed by atoms with E-state index in [4.69, 9.17) is 14.6 Å². The van der Waals surface area contributed by atoms with E-state index in [-0.39, 0.29) is 30.9 Å². The van der Waals surface area contributed by atoms with E-state index in [1.807, 2.05) is 0 Å². The van der Waals surface area contributed by atoms with E-state index in [0.29, 0.717) is 19.1 Å². The molecule has 0 aromatic carbocycles. The molecule has 128 valence electrons. The van der Waals surface area contributed by atoms with Gasteiger partial charge in [-0.25, -0.2) is 0 Å². The van der Waals surface area contributed by atoms with Crippen LogP contribution in [0.25, 0.3) is 0 Å². The number of hydrogen-bond acceptors (Lipinski definition) is 5. The topological polar surface area (TPSA) is 99.2 Å². The van der Waals surface area contributed by atoms with Crippen molar-refractivity contribution in [3.05, 3.63) is 0 Å². The summed E-state index contributed by atoms with van der Waals surface area (Å²) < 4.78 is 5.59. The summed E-state index contributed by atoms with van der Waals surface area (Å²) in [5.74, 6) is -0.243. The number of carboxylic acid groups (broad SMARTS) is 1. The molecular formula is C14H27N3O5. The van der Waals surface area contributed by atoms with E-state index in [0.717, 1.165) is 13.1 Å². The monoisotopic (exact) mass is 317 g/mol. The van der Waals surface area contributed by atoms with Gasteiger partial charge in [0.1, 0.15) is 0 Å². The minimum atomic E-state index is -0.250. The number of likely N-dealkylation sites (N-methyl/N-ethyl adjacent to an activating group) is 1. The van der Waals surface area contributed by atoms with E-state index in [9.17, 15) is 9.59 Å². The van der Waals surface area contributed by atoms with Crippen LogP contribution in [0, 0.1) is 0 Å². The van der Waals surface area contributed by atoms with E-state index in [1.165, 1.54) is 4.90 Å². The van der Waals surface area contributed by atoms with Gasteiger partial charge < -0.3 is 20.1 Å². The van der Waals surface area contributed by atoms with Gasteiger partial charge in [0.05, 0.1) is 25.7 Å². The lowest BCUT2D eigenvalue weighted by Gasteiger charge is -2.35. The molecule has 0 spiro atoms. The number of hydrogen-bond donors (Lipinski definition) is 2. The number of nitrogens with one attached hydrogen (secondary N) is 1. The maximum atomic E-state index is 11.7. The van der Waals surface area contributed by atoms with Crippen molar-refractivity contribution >= 4 is 18.3 Å². The van der Waals surface area contributed by atoms with Crippen LogP contribution in [0.4, 0.5) is 0 Å².